The number of benzene rings is 1. The lowest BCUT2D eigenvalue weighted by Crippen LogP contribution is -2.28. The van der Waals surface area contributed by atoms with Crippen LogP contribution in [0.5, 0.6) is 0 Å². The van der Waals surface area contributed by atoms with Crippen molar-refractivity contribution in [2.24, 2.45) is 5.73 Å². The highest BCUT2D eigenvalue weighted by atomic mass is 16.1. The van der Waals surface area contributed by atoms with E-state index in [4.69, 9.17) is 5.73 Å². The maximum absolute atomic E-state index is 12.3. The highest BCUT2D eigenvalue weighted by Crippen LogP contribution is 2.25. The van der Waals surface area contributed by atoms with Crippen LogP contribution < -0.4 is 21.5 Å². The molecule has 2 aromatic heterocycles. The molecule has 0 radical (unpaired) electrons. The third kappa shape index (κ3) is 3.06. The van der Waals surface area contributed by atoms with Gasteiger partial charge in [-0.2, -0.15) is 4.98 Å². The molecule has 0 aliphatic carbocycles. The van der Waals surface area contributed by atoms with Gasteiger partial charge in [0.05, 0.1) is 5.52 Å². The molecule has 7 heteroatoms. The Labute approximate surface area is 144 Å². The standard InChI is InChI=1S/C18H20N6O/c1-11-3-2-4-13(9-11)21-16-15-14(5-7-20-17(15)25)22-18(23-16)24-8-6-12(19)10-24/h2-5,7,9,12H,6,8,10,19H2,1H3,(H,20,25)(H,21,22,23)/t12-/m0/s1. The Kier molecular flexibility index (Phi) is 3.85. The fourth-order valence-electron chi connectivity index (χ4n) is 3.14. The fraction of sp³-hybridized carbons (Fsp3) is 0.278. The highest BCUT2D eigenvalue weighted by molar-refractivity contribution is 5.91. The molecule has 7 nitrogen and oxygen atoms in total. The second-order valence-corrected chi connectivity index (χ2v) is 6.43. The number of rotatable bonds is 3. The molecule has 0 spiro atoms. The lowest BCUT2D eigenvalue weighted by molar-refractivity contribution is 0.750. The van der Waals surface area contributed by atoms with Gasteiger partial charge in [-0.15, -0.1) is 0 Å². The van der Waals surface area contributed by atoms with Crippen LogP contribution in [0.15, 0.2) is 41.3 Å². The first-order valence-corrected chi connectivity index (χ1v) is 8.34. The van der Waals surface area contributed by atoms with Crippen LogP contribution in [0.3, 0.4) is 0 Å². The van der Waals surface area contributed by atoms with Crippen LogP contribution in [0.4, 0.5) is 17.5 Å². The molecule has 1 atom stereocenters. The Morgan fingerprint density at radius 2 is 2.20 bits per heavy atom. The van der Waals surface area contributed by atoms with Crippen molar-refractivity contribution < 1.29 is 0 Å². The molecular weight excluding hydrogens is 316 g/mol. The molecule has 4 rings (SSSR count). The summed E-state index contributed by atoms with van der Waals surface area (Å²) in [5, 5.41) is 3.73. The molecule has 0 unspecified atom stereocenters. The number of hydrogen-bond acceptors (Lipinski definition) is 6. The highest BCUT2D eigenvalue weighted by Gasteiger charge is 2.23. The monoisotopic (exact) mass is 336 g/mol. The normalized spacial score (nSPS) is 17.2. The third-order valence-electron chi connectivity index (χ3n) is 4.40. The summed E-state index contributed by atoms with van der Waals surface area (Å²) in [5.74, 6) is 1.11. The van der Waals surface area contributed by atoms with Gasteiger partial charge in [0, 0.05) is 31.0 Å². The van der Waals surface area contributed by atoms with Gasteiger partial charge in [-0.1, -0.05) is 12.1 Å². The number of nitrogens with one attached hydrogen (secondary N) is 2. The molecule has 1 aromatic carbocycles. The van der Waals surface area contributed by atoms with Gasteiger partial charge in [-0.25, -0.2) is 4.98 Å². The summed E-state index contributed by atoms with van der Waals surface area (Å²) >= 11 is 0. The lowest BCUT2D eigenvalue weighted by atomic mass is 10.2. The van der Waals surface area contributed by atoms with Crippen molar-refractivity contribution >= 4 is 28.4 Å². The summed E-state index contributed by atoms with van der Waals surface area (Å²) in [6.45, 7) is 3.56. The first-order chi connectivity index (χ1) is 12.1. The smallest absolute Gasteiger partial charge is 0.261 e. The average Bonchev–Trinajstić information content (AvgIpc) is 3.01. The van der Waals surface area contributed by atoms with E-state index in [-0.39, 0.29) is 11.6 Å². The Hall–Kier alpha value is -2.93. The van der Waals surface area contributed by atoms with Crippen LogP contribution in [0.2, 0.25) is 0 Å². The molecule has 128 valence electrons. The zero-order valence-electron chi connectivity index (χ0n) is 14.0. The van der Waals surface area contributed by atoms with E-state index in [0.717, 1.165) is 30.8 Å². The second-order valence-electron chi connectivity index (χ2n) is 6.43. The van der Waals surface area contributed by atoms with Crippen molar-refractivity contribution in [2.45, 2.75) is 19.4 Å². The maximum Gasteiger partial charge on any atom is 0.261 e. The molecule has 0 bridgehead atoms. The van der Waals surface area contributed by atoms with Crippen molar-refractivity contribution in [2.75, 3.05) is 23.3 Å². The number of aromatic amines is 1. The summed E-state index contributed by atoms with van der Waals surface area (Å²) in [6, 6.07) is 9.87. The molecule has 1 aliphatic rings. The quantitative estimate of drug-likeness (QED) is 0.675. The fourth-order valence-corrected chi connectivity index (χ4v) is 3.14. The molecule has 25 heavy (non-hydrogen) atoms. The number of aromatic nitrogens is 3. The molecule has 4 N–H and O–H groups in total. The number of pyridine rings is 1. The summed E-state index contributed by atoms with van der Waals surface area (Å²) in [4.78, 5) is 26.3. The first-order valence-electron chi connectivity index (χ1n) is 8.34. The number of fused-ring (bicyclic) bond motifs is 1. The number of hydrogen-bond donors (Lipinski definition) is 3. The van der Waals surface area contributed by atoms with Crippen LogP contribution in [0.1, 0.15) is 12.0 Å². The van der Waals surface area contributed by atoms with E-state index in [1.165, 1.54) is 0 Å². The van der Waals surface area contributed by atoms with Crippen LogP contribution in [-0.4, -0.2) is 34.1 Å². The SMILES string of the molecule is Cc1cccc(Nc2nc(N3CC[C@H](N)C3)nc3cc[nH]c(=O)c23)c1. The van der Waals surface area contributed by atoms with E-state index in [9.17, 15) is 4.79 Å². The molecule has 1 fully saturated rings. The number of anilines is 3. The van der Waals surface area contributed by atoms with Crippen molar-refractivity contribution in [3.8, 4) is 0 Å². The summed E-state index contributed by atoms with van der Waals surface area (Å²) < 4.78 is 0. The zero-order valence-corrected chi connectivity index (χ0v) is 14.0. The van der Waals surface area contributed by atoms with Gasteiger partial charge in [0.15, 0.2) is 0 Å². The number of aryl methyl sites for hydroxylation is 1. The summed E-state index contributed by atoms with van der Waals surface area (Å²) in [5.41, 5.74) is 8.42. The van der Waals surface area contributed by atoms with Gasteiger partial charge in [-0.3, -0.25) is 4.79 Å². The third-order valence-corrected chi connectivity index (χ3v) is 4.40. The van der Waals surface area contributed by atoms with Crippen molar-refractivity contribution in [3.63, 3.8) is 0 Å². The van der Waals surface area contributed by atoms with E-state index in [0.29, 0.717) is 22.7 Å². The summed E-state index contributed by atoms with van der Waals surface area (Å²) in [6.07, 6.45) is 2.52. The Morgan fingerprint density at radius 3 is 2.96 bits per heavy atom. The predicted octanol–water partition coefficient (Wildman–Crippen LogP) is 1.91. The van der Waals surface area contributed by atoms with Gasteiger partial charge in [0.25, 0.3) is 5.56 Å². The molecule has 3 heterocycles. The van der Waals surface area contributed by atoms with Crippen LogP contribution in [0.25, 0.3) is 10.9 Å². The molecule has 1 aliphatic heterocycles. The van der Waals surface area contributed by atoms with E-state index < -0.39 is 0 Å². The van der Waals surface area contributed by atoms with Crippen LogP contribution >= 0.6 is 0 Å². The minimum absolute atomic E-state index is 0.131. The van der Waals surface area contributed by atoms with Gasteiger partial charge in [-0.05, 0) is 37.1 Å². The Balaban J connectivity index is 1.83. The zero-order chi connectivity index (χ0) is 17.4. The second kappa shape index (κ2) is 6.18. The average molecular weight is 336 g/mol. The van der Waals surface area contributed by atoms with Crippen molar-refractivity contribution in [1.82, 2.24) is 15.0 Å². The predicted molar refractivity (Wildman–Crippen MR) is 99.4 cm³/mol. The number of H-pyrrole nitrogens is 1. The largest absolute Gasteiger partial charge is 0.339 e. The topological polar surface area (TPSA) is 99.9 Å². The van der Waals surface area contributed by atoms with E-state index in [1.807, 2.05) is 31.2 Å². The van der Waals surface area contributed by atoms with Crippen molar-refractivity contribution in [3.05, 3.63) is 52.4 Å². The van der Waals surface area contributed by atoms with E-state index in [2.05, 4.69) is 25.2 Å². The van der Waals surface area contributed by atoms with Crippen molar-refractivity contribution in [1.29, 1.82) is 0 Å². The number of nitrogens with two attached hydrogens (primary N) is 1. The lowest BCUT2D eigenvalue weighted by Gasteiger charge is -2.18. The molecule has 1 saturated heterocycles. The molecular formula is C18H20N6O. The van der Waals surface area contributed by atoms with E-state index >= 15 is 0 Å². The van der Waals surface area contributed by atoms with Gasteiger partial charge in [0.2, 0.25) is 5.95 Å². The maximum atomic E-state index is 12.3. The molecule has 3 aromatic rings. The molecule has 0 amide bonds. The number of nitrogens with zero attached hydrogens (tertiary/aromatic N) is 3. The Bertz CT molecular complexity index is 983. The van der Waals surface area contributed by atoms with Gasteiger partial charge in [0.1, 0.15) is 11.2 Å². The molecule has 0 saturated carbocycles. The van der Waals surface area contributed by atoms with Crippen LogP contribution in [0, 0.1) is 6.92 Å². The van der Waals surface area contributed by atoms with Gasteiger partial charge >= 0.3 is 0 Å². The Morgan fingerprint density at radius 1 is 1.32 bits per heavy atom. The van der Waals surface area contributed by atoms with Gasteiger partial charge < -0.3 is 20.9 Å². The minimum Gasteiger partial charge on any atom is -0.339 e. The minimum atomic E-state index is -0.211. The van der Waals surface area contributed by atoms with Crippen LogP contribution in [-0.2, 0) is 0 Å². The summed E-state index contributed by atoms with van der Waals surface area (Å²) in [7, 11) is 0. The first kappa shape index (κ1) is 15.6. The van der Waals surface area contributed by atoms with E-state index in [1.54, 1.807) is 12.3 Å².